The third-order valence-corrected chi connectivity index (χ3v) is 7.79. The van der Waals surface area contributed by atoms with Crippen LogP contribution in [0.3, 0.4) is 0 Å². The number of sulfonamides is 1. The van der Waals surface area contributed by atoms with Gasteiger partial charge in [-0.2, -0.15) is 4.31 Å². The van der Waals surface area contributed by atoms with E-state index < -0.39 is 16.0 Å². The van der Waals surface area contributed by atoms with Crippen molar-refractivity contribution in [1.82, 2.24) is 4.31 Å². The van der Waals surface area contributed by atoms with Gasteiger partial charge in [0.1, 0.15) is 15.5 Å². The average molecular weight is 438 g/mol. The zero-order valence-electron chi connectivity index (χ0n) is 15.3. The second-order valence-corrected chi connectivity index (χ2v) is 9.62. The van der Waals surface area contributed by atoms with Gasteiger partial charge in [0.25, 0.3) is 0 Å². The van der Waals surface area contributed by atoms with E-state index in [-0.39, 0.29) is 22.9 Å². The Hall–Kier alpha value is -2.20. The van der Waals surface area contributed by atoms with Crippen LogP contribution in [-0.2, 0) is 27.8 Å². The third-order valence-electron chi connectivity index (χ3n) is 4.07. The van der Waals surface area contributed by atoms with E-state index in [2.05, 4.69) is 0 Å². The van der Waals surface area contributed by atoms with E-state index in [1.807, 2.05) is 35.7 Å². The second-order valence-electron chi connectivity index (χ2n) is 5.77. The van der Waals surface area contributed by atoms with E-state index in [4.69, 9.17) is 9.47 Å². The van der Waals surface area contributed by atoms with E-state index in [9.17, 15) is 13.2 Å². The number of benzene rings is 1. The number of rotatable bonds is 8. The normalized spacial score (nSPS) is 11.5. The van der Waals surface area contributed by atoms with Gasteiger partial charge in [0.15, 0.2) is 0 Å². The Labute approximate surface area is 172 Å². The summed E-state index contributed by atoms with van der Waals surface area (Å²) in [4.78, 5) is 12.9. The number of ether oxygens (including phenoxy) is 2. The number of nitrogens with zero attached hydrogens (tertiary/aromatic N) is 1. The van der Waals surface area contributed by atoms with Crippen molar-refractivity contribution >= 4 is 38.7 Å². The molecule has 6 nitrogen and oxygen atoms in total. The van der Waals surface area contributed by atoms with Gasteiger partial charge in [-0.15, -0.1) is 22.7 Å². The number of thiophene rings is 2. The van der Waals surface area contributed by atoms with Crippen molar-refractivity contribution in [3.8, 4) is 5.75 Å². The highest BCUT2D eigenvalue weighted by Crippen LogP contribution is 2.30. The molecule has 2 aromatic heterocycles. The number of carbonyl (C=O) groups excluding carboxylic acids is 1. The topological polar surface area (TPSA) is 72.9 Å². The van der Waals surface area contributed by atoms with E-state index >= 15 is 0 Å². The van der Waals surface area contributed by atoms with Crippen molar-refractivity contribution in [2.45, 2.75) is 18.0 Å². The Balaban J connectivity index is 2.03. The molecule has 0 N–H and O–H groups in total. The summed E-state index contributed by atoms with van der Waals surface area (Å²) in [6.07, 6.45) is 0. The maximum Gasteiger partial charge on any atom is 0.349 e. The van der Waals surface area contributed by atoms with Crippen molar-refractivity contribution in [1.29, 1.82) is 0 Å². The van der Waals surface area contributed by atoms with Crippen LogP contribution in [0.2, 0.25) is 0 Å². The molecule has 0 amide bonds. The minimum atomic E-state index is -3.95. The monoisotopic (exact) mass is 437 g/mol. The van der Waals surface area contributed by atoms with Crippen LogP contribution in [0.25, 0.3) is 0 Å². The summed E-state index contributed by atoms with van der Waals surface area (Å²) < 4.78 is 38.4. The lowest BCUT2D eigenvalue weighted by Gasteiger charge is -2.22. The van der Waals surface area contributed by atoms with Gasteiger partial charge in [-0.1, -0.05) is 24.3 Å². The predicted molar refractivity (Wildman–Crippen MR) is 109 cm³/mol. The molecular weight excluding hydrogens is 418 g/mol. The second kappa shape index (κ2) is 8.87. The maximum atomic E-state index is 13.5. The van der Waals surface area contributed by atoms with E-state index in [0.717, 1.165) is 21.8 Å². The van der Waals surface area contributed by atoms with Gasteiger partial charge in [-0.3, -0.25) is 0 Å². The molecule has 0 saturated carbocycles. The Bertz CT molecular complexity index is 1040. The number of hydrogen-bond donors (Lipinski definition) is 0. The molecule has 0 atom stereocenters. The first-order valence-electron chi connectivity index (χ1n) is 8.27. The van der Waals surface area contributed by atoms with Crippen LogP contribution in [0.4, 0.5) is 0 Å². The van der Waals surface area contributed by atoms with Crippen LogP contribution in [0.1, 0.15) is 20.1 Å². The molecule has 0 fully saturated rings. The first kappa shape index (κ1) is 20.5. The molecular formula is C19H19NO5S3. The lowest BCUT2D eigenvalue weighted by atomic mass is 10.2. The maximum absolute atomic E-state index is 13.5. The van der Waals surface area contributed by atoms with Crippen molar-refractivity contribution in [2.24, 2.45) is 0 Å². The molecule has 148 valence electrons. The molecule has 0 radical (unpaired) electrons. The molecule has 0 aliphatic rings. The van der Waals surface area contributed by atoms with Gasteiger partial charge in [0.05, 0.1) is 14.2 Å². The first-order valence-corrected chi connectivity index (χ1v) is 11.5. The van der Waals surface area contributed by atoms with Crippen LogP contribution < -0.4 is 4.74 Å². The molecule has 0 bridgehead atoms. The summed E-state index contributed by atoms with van der Waals surface area (Å²) in [6, 6.07) is 12.5. The summed E-state index contributed by atoms with van der Waals surface area (Å²) in [5.74, 6) is -0.0608. The molecule has 0 saturated heterocycles. The largest absolute Gasteiger partial charge is 0.496 e. The number of carbonyl (C=O) groups is 1. The molecule has 0 spiro atoms. The van der Waals surface area contributed by atoms with Gasteiger partial charge >= 0.3 is 5.97 Å². The summed E-state index contributed by atoms with van der Waals surface area (Å²) in [5, 5.41) is 3.47. The molecule has 3 rings (SSSR count). The lowest BCUT2D eigenvalue weighted by Crippen LogP contribution is -2.31. The molecule has 0 aliphatic heterocycles. The zero-order chi connectivity index (χ0) is 20.1. The van der Waals surface area contributed by atoms with Crippen molar-refractivity contribution in [3.63, 3.8) is 0 Å². The first-order chi connectivity index (χ1) is 13.5. The fourth-order valence-corrected chi connectivity index (χ4v) is 6.21. The van der Waals surface area contributed by atoms with Gasteiger partial charge in [0, 0.05) is 23.5 Å². The van der Waals surface area contributed by atoms with Crippen LogP contribution in [0, 0.1) is 0 Å². The minimum absolute atomic E-state index is 0.0456. The lowest BCUT2D eigenvalue weighted by molar-refractivity contribution is 0.0602. The Morgan fingerprint density at radius 3 is 2.46 bits per heavy atom. The standard InChI is InChI=1S/C19H19NO5S3/c1-24-16-8-4-3-6-14(16)12-20(13-15-7-5-10-26-15)28(22,23)17-9-11-27-18(17)19(21)25-2/h3-11H,12-13H2,1-2H3. The average Bonchev–Trinajstić information content (AvgIpc) is 3.39. The molecule has 0 aliphatic carbocycles. The number of hydrogen-bond acceptors (Lipinski definition) is 7. The smallest absolute Gasteiger partial charge is 0.349 e. The van der Waals surface area contributed by atoms with Gasteiger partial charge in [-0.25, -0.2) is 13.2 Å². The molecule has 0 unspecified atom stereocenters. The van der Waals surface area contributed by atoms with E-state index in [0.29, 0.717) is 5.75 Å². The molecule has 1 aromatic carbocycles. The number of methoxy groups -OCH3 is 2. The number of para-hydroxylation sites is 1. The zero-order valence-corrected chi connectivity index (χ0v) is 17.8. The van der Waals surface area contributed by atoms with Crippen LogP contribution >= 0.6 is 22.7 Å². The van der Waals surface area contributed by atoms with Crippen LogP contribution in [0.15, 0.2) is 58.1 Å². The molecule has 3 aromatic rings. The van der Waals surface area contributed by atoms with Crippen molar-refractivity contribution in [2.75, 3.05) is 14.2 Å². The SMILES string of the molecule is COC(=O)c1sccc1S(=O)(=O)N(Cc1cccs1)Cc1ccccc1OC. The highest BCUT2D eigenvalue weighted by Gasteiger charge is 2.31. The fourth-order valence-electron chi connectivity index (χ4n) is 2.71. The summed E-state index contributed by atoms with van der Waals surface area (Å²) in [7, 11) is -1.17. The van der Waals surface area contributed by atoms with Gasteiger partial charge in [0.2, 0.25) is 10.0 Å². The fraction of sp³-hybridized carbons (Fsp3) is 0.211. The van der Waals surface area contributed by atoms with E-state index in [1.165, 1.54) is 28.8 Å². The Morgan fingerprint density at radius 2 is 1.79 bits per heavy atom. The predicted octanol–water partition coefficient (Wildman–Crippen LogP) is 4.00. The molecule has 28 heavy (non-hydrogen) atoms. The van der Waals surface area contributed by atoms with Crippen molar-refractivity contribution < 1.29 is 22.7 Å². The quantitative estimate of drug-likeness (QED) is 0.498. The third kappa shape index (κ3) is 4.27. The highest BCUT2D eigenvalue weighted by atomic mass is 32.2. The minimum Gasteiger partial charge on any atom is -0.496 e. The number of esters is 1. The van der Waals surface area contributed by atoms with E-state index in [1.54, 1.807) is 18.6 Å². The summed E-state index contributed by atoms with van der Waals surface area (Å²) in [5.41, 5.74) is 0.736. The van der Waals surface area contributed by atoms with Gasteiger partial charge < -0.3 is 9.47 Å². The molecule has 2 heterocycles. The summed E-state index contributed by atoms with van der Waals surface area (Å²) in [6.45, 7) is 0.301. The highest BCUT2D eigenvalue weighted by molar-refractivity contribution is 7.89. The molecule has 9 heteroatoms. The van der Waals surface area contributed by atoms with Crippen LogP contribution in [0.5, 0.6) is 5.75 Å². The van der Waals surface area contributed by atoms with Crippen LogP contribution in [-0.4, -0.2) is 32.9 Å². The Morgan fingerprint density at radius 1 is 1.00 bits per heavy atom. The van der Waals surface area contributed by atoms with Crippen molar-refractivity contribution in [3.05, 3.63) is 68.5 Å². The summed E-state index contributed by atoms with van der Waals surface area (Å²) >= 11 is 2.52. The van der Waals surface area contributed by atoms with Gasteiger partial charge in [-0.05, 0) is 29.0 Å². The Kier molecular flexibility index (Phi) is 6.50.